The normalized spacial score (nSPS) is 11.5. The van der Waals surface area contributed by atoms with E-state index in [-0.39, 0.29) is 0 Å². The smallest absolute Gasteiger partial charge is 0.194 e. The van der Waals surface area contributed by atoms with E-state index in [9.17, 15) is 0 Å². The summed E-state index contributed by atoms with van der Waals surface area (Å²) in [5.74, 6) is 0. The number of hydrogen-bond acceptors (Lipinski definition) is 3. The van der Waals surface area contributed by atoms with Gasteiger partial charge < -0.3 is 5.73 Å². The van der Waals surface area contributed by atoms with Crippen LogP contribution in [0.25, 0.3) is 4.96 Å². The maximum atomic E-state index is 5.64. The Morgan fingerprint density at radius 2 is 2.07 bits per heavy atom. The molecule has 15 heavy (non-hydrogen) atoms. The Morgan fingerprint density at radius 3 is 2.67 bits per heavy atom. The Labute approximate surface area is 93.9 Å². The van der Waals surface area contributed by atoms with E-state index in [1.54, 1.807) is 11.3 Å². The number of aromatic nitrogens is 2. The van der Waals surface area contributed by atoms with Crippen LogP contribution >= 0.6 is 11.3 Å². The zero-order valence-electron chi connectivity index (χ0n) is 9.50. The number of nitrogens with zero attached hydrogens (tertiary/aromatic N) is 2. The zero-order valence-corrected chi connectivity index (χ0v) is 10.3. The van der Waals surface area contributed by atoms with Gasteiger partial charge in [0.25, 0.3) is 0 Å². The number of rotatable bonds is 3. The molecule has 2 heterocycles. The first kappa shape index (κ1) is 10.6. The molecule has 0 bridgehead atoms. The van der Waals surface area contributed by atoms with Crippen LogP contribution in [0.2, 0.25) is 0 Å². The monoisotopic (exact) mass is 223 g/mol. The van der Waals surface area contributed by atoms with Gasteiger partial charge >= 0.3 is 0 Å². The highest BCUT2D eigenvalue weighted by Crippen LogP contribution is 2.26. The molecular weight excluding hydrogens is 206 g/mol. The summed E-state index contributed by atoms with van der Waals surface area (Å²) < 4.78 is 2.29. The molecule has 0 fully saturated rings. The third kappa shape index (κ3) is 1.58. The maximum Gasteiger partial charge on any atom is 0.194 e. The van der Waals surface area contributed by atoms with E-state index in [4.69, 9.17) is 5.73 Å². The van der Waals surface area contributed by atoms with Gasteiger partial charge in [0.1, 0.15) is 0 Å². The summed E-state index contributed by atoms with van der Waals surface area (Å²) in [6.07, 6.45) is 1.97. The standard InChI is InChI=1S/C11H17N3S/c1-4-9-8(3)15-11-13-7(2)10(5-6-12)14(9)11/h4-6,12H2,1-3H3. The first-order valence-corrected chi connectivity index (χ1v) is 6.17. The minimum atomic E-state index is 0.687. The van der Waals surface area contributed by atoms with E-state index in [2.05, 4.69) is 30.2 Å². The molecule has 0 amide bonds. The summed E-state index contributed by atoms with van der Waals surface area (Å²) in [7, 11) is 0. The molecule has 0 unspecified atom stereocenters. The van der Waals surface area contributed by atoms with E-state index in [1.165, 1.54) is 16.3 Å². The summed E-state index contributed by atoms with van der Waals surface area (Å²) in [6.45, 7) is 7.11. The number of thiazole rings is 1. The van der Waals surface area contributed by atoms with Crippen LogP contribution in [0.3, 0.4) is 0 Å². The zero-order chi connectivity index (χ0) is 11.0. The quantitative estimate of drug-likeness (QED) is 0.865. The van der Waals surface area contributed by atoms with E-state index in [0.717, 1.165) is 23.5 Å². The minimum Gasteiger partial charge on any atom is -0.330 e. The molecule has 0 aromatic carbocycles. The number of imidazole rings is 1. The van der Waals surface area contributed by atoms with Gasteiger partial charge in [-0.15, -0.1) is 11.3 Å². The van der Waals surface area contributed by atoms with E-state index < -0.39 is 0 Å². The summed E-state index contributed by atoms with van der Waals surface area (Å²) in [5.41, 5.74) is 9.44. The van der Waals surface area contributed by atoms with Crippen LogP contribution in [0.4, 0.5) is 0 Å². The van der Waals surface area contributed by atoms with Gasteiger partial charge in [0.15, 0.2) is 4.96 Å². The first-order valence-electron chi connectivity index (χ1n) is 5.35. The molecule has 4 heteroatoms. The van der Waals surface area contributed by atoms with Crippen molar-refractivity contribution in [2.45, 2.75) is 33.6 Å². The third-order valence-electron chi connectivity index (χ3n) is 2.78. The Bertz CT molecular complexity index is 481. The molecule has 82 valence electrons. The fourth-order valence-electron chi connectivity index (χ4n) is 2.07. The van der Waals surface area contributed by atoms with Crippen LogP contribution < -0.4 is 5.73 Å². The van der Waals surface area contributed by atoms with E-state index >= 15 is 0 Å². The molecule has 0 radical (unpaired) electrons. The van der Waals surface area contributed by atoms with E-state index in [0.29, 0.717) is 6.54 Å². The van der Waals surface area contributed by atoms with Crippen molar-refractivity contribution in [3.63, 3.8) is 0 Å². The van der Waals surface area contributed by atoms with Crippen molar-refractivity contribution >= 4 is 16.3 Å². The van der Waals surface area contributed by atoms with Crippen LogP contribution in [0.15, 0.2) is 0 Å². The SMILES string of the molecule is CCc1c(C)sc2nc(C)c(CCN)n12. The summed E-state index contributed by atoms with van der Waals surface area (Å²) in [5, 5.41) is 0. The van der Waals surface area contributed by atoms with Crippen molar-refractivity contribution in [3.8, 4) is 0 Å². The van der Waals surface area contributed by atoms with Gasteiger partial charge in [-0.1, -0.05) is 6.92 Å². The van der Waals surface area contributed by atoms with Crippen LogP contribution in [-0.4, -0.2) is 15.9 Å². The maximum absolute atomic E-state index is 5.64. The predicted octanol–water partition coefficient (Wildman–Crippen LogP) is 2.08. The molecule has 2 N–H and O–H groups in total. The van der Waals surface area contributed by atoms with Gasteiger partial charge in [0.2, 0.25) is 0 Å². The van der Waals surface area contributed by atoms with Crippen LogP contribution in [0.5, 0.6) is 0 Å². The number of nitrogens with two attached hydrogens (primary N) is 1. The molecule has 0 atom stereocenters. The minimum absolute atomic E-state index is 0.687. The third-order valence-corrected chi connectivity index (χ3v) is 3.78. The molecule has 0 saturated heterocycles. The molecule has 3 nitrogen and oxygen atoms in total. The molecular formula is C11H17N3S. The van der Waals surface area contributed by atoms with Gasteiger partial charge in [0.05, 0.1) is 5.69 Å². The lowest BCUT2D eigenvalue weighted by Gasteiger charge is -2.03. The largest absolute Gasteiger partial charge is 0.330 e. The first-order chi connectivity index (χ1) is 7.19. The predicted molar refractivity (Wildman–Crippen MR) is 64.7 cm³/mol. The van der Waals surface area contributed by atoms with Gasteiger partial charge in [-0.05, 0) is 26.8 Å². The molecule has 0 aliphatic carbocycles. The Morgan fingerprint density at radius 1 is 1.33 bits per heavy atom. The van der Waals surface area contributed by atoms with Crippen molar-refractivity contribution in [1.82, 2.24) is 9.38 Å². The summed E-state index contributed by atoms with van der Waals surface area (Å²) >= 11 is 1.78. The molecule has 0 aliphatic rings. The summed E-state index contributed by atoms with van der Waals surface area (Å²) in [4.78, 5) is 7.08. The average molecular weight is 223 g/mol. The van der Waals surface area contributed by atoms with Crippen molar-refractivity contribution in [1.29, 1.82) is 0 Å². The van der Waals surface area contributed by atoms with E-state index in [1.807, 2.05) is 0 Å². The Hall–Kier alpha value is -0.870. The fourth-order valence-corrected chi connectivity index (χ4v) is 3.19. The number of hydrogen-bond donors (Lipinski definition) is 1. The fraction of sp³-hybridized carbons (Fsp3) is 0.545. The molecule has 2 aromatic rings. The molecule has 0 spiro atoms. The Kier molecular flexibility index (Phi) is 2.80. The highest BCUT2D eigenvalue weighted by atomic mass is 32.1. The topological polar surface area (TPSA) is 43.3 Å². The van der Waals surface area contributed by atoms with Gasteiger partial charge in [-0.2, -0.15) is 0 Å². The Balaban J connectivity index is 2.70. The average Bonchev–Trinajstić information content (AvgIpc) is 2.63. The van der Waals surface area contributed by atoms with Crippen LogP contribution in [0, 0.1) is 13.8 Å². The molecule has 0 aliphatic heterocycles. The molecule has 0 saturated carbocycles. The van der Waals surface area contributed by atoms with Gasteiger partial charge in [-0.3, -0.25) is 4.40 Å². The second-order valence-corrected chi connectivity index (χ2v) is 4.94. The molecule has 2 rings (SSSR count). The van der Waals surface area contributed by atoms with Gasteiger partial charge in [-0.25, -0.2) is 4.98 Å². The second kappa shape index (κ2) is 3.94. The van der Waals surface area contributed by atoms with Crippen molar-refractivity contribution in [2.24, 2.45) is 5.73 Å². The second-order valence-electron chi connectivity index (χ2n) is 3.76. The number of fused-ring (bicyclic) bond motifs is 1. The van der Waals surface area contributed by atoms with Crippen LogP contribution in [0.1, 0.15) is 28.9 Å². The highest BCUT2D eigenvalue weighted by molar-refractivity contribution is 7.17. The van der Waals surface area contributed by atoms with Crippen LogP contribution in [-0.2, 0) is 12.8 Å². The van der Waals surface area contributed by atoms with Crippen molar-refractivity contribution in [3.05, 3.63) is 22.0 Å². The number of aryl methyl sites for hydroxylation is 3. The van der Waals surface area contributed by atoms with Crippen molar-refractivity contribution < 1.29 is 0 Å². The lowest BCUT2D eigenvalue weighted by atomic mass is 10.2. The van der Waals surface area contributed by atoms with Crippen molar-refractivity contribution in [2.75, 3.05) is 6.54 Å². The molecule has 2 aromatic heterocycles. The van der Waals surface area contributed by atoms with Gasteiger partial charge in [0, 0.05) is 22.7 Å². The summed E-state index contributed by atoms with van der Waals surface area (Å²) in [6, 6.07) is 0. The highest BCUT2D eigenvalue weighted by Gasteiger charge is 2.14. The lowest BCUT2D eigenvalue weighted by molar-refractivity contribution is 0.862. The lowest BCUT2D eigenvalue weighted by Crippen LogP contribution is -2.07.